The highest BCUT2D eigenvalue weighted by Gasteiger charge is 2.26. The number of aromatic nitrogens is 2. The topological polar surface area (TPSA) is 92.3 Å². The highest BCUT2D eigenvalue weighted by Crippen LogP contribution is 2.40. The number of anilines is 1. The fourth-order valence-electron chi connectivity index (χ4n) is 4.87. The van der Waals surface area contributed by atoms with Crippen molar-refractivity contribution < 1.29 is 13.2 Å². The molecule has 11 heteroatoms. The standard InChI is InChI=1S/C25H29ClN4O3S3/c1-16-6-8-18-21(12-16)35-25-23(18)24(27-15-28-25)34-14-22(31)29-20-13-17(7-9-19(20)26)36(32,33)30-10-4-2-3-5-11-30/h7,9,13,15-16H,2-6,8,10-12,14H2,1H3,(H,29,31). The van der Waals surface area contributed by atoms with E-state index in [0.29, 0.717) is 29.7 Å². The van der Waals surface area contributed by atoms with Crippen LogP contribution in [0.2, 0.25) is 5.02 Å². The highest BCUT2D eigenvalue weighted by molar-refractivity contribution is 8.00. The maximum absolute atomic E-state index is 13.2. The fourth-order valence-corrected chi connectivity index (χ4v) is 8.82. The molecule has 1 N–H and O–H groups in total. The lowest BCUT2D eigenvalue weighted by atomic mass is 9.89. The van der Waals surface area contributed by atoms with Crippen molar-refractivity contribution in [3.05, 3.63) is 40.0 Å². The van der Waals surface area contributed by atoms with Crippen LogP contribution in [0.5, 0.6) is 0 Å². The summed E-state index contributed by atoms with van der Waals surface area (Å²) in [5.41, 5.74) is 1.62. The van der Waals surface area contributed by atoms with Crippen molar-refractivity contribution in [2.24, 2.45) is 5.92 Å². The molecule has 2 aliphatic rings. The third kappa shape index (κ3) is 5.43. The summed E-state index contributed by atoms with van der Waals surface area (Å²) >= 11 is 9.42. The maximum Gasteiger partial charge on any atom is 0.243 e. The lowest BCUT2D eigenvalue weighted by Crippen LogP contribution is -2.32. The largest absolute Gasteiger partial charge is 0.324 e. The Balaban J connectivity index is 1.30. The Kier molecular flexibility index (Phi) is 7.88. The summed E-state index contributed by atoms with van der Waals surface area (Å²) in [7, 11) is -3.64. The molecular weight excluding hydrogens is 536 g/mol. The molecular formula is C25H29ClN4O3S3. The van der Waals surface area contributed by atoms with E-state index < -0.39 is 10.0 Å². The lowest BCUT2D eigenvalue weighted by molar-refractivity contribution is -0.113. The molecule has 36 heavy (non-hydrogen) atoms. The van der Waals surface area contributed by atoms with E-state index >= 15 is 0 Å². The third-order valence-corrected chi connectivity index (χ3v) is 11.2. The third-order valence-electron chi connectivity index (χ3n) is 6.81. The molecule has 7 nitrogen and oxygen atoms in total. The maximum atomic E-state index is 13.2. The summed E-state index contributed by atoms with van der Waals surface area (Å²) < 4.78 is 27.9. The fraction of sp³-hybridized carbons (Fsp3) is 0.480. The monoisotopic (exact) mass is 564 g/mol. The molecule has 1 saturated heterocycles. The van der Waals surface area contributed by atoms with Crippen LogP contribution in [-0.4, -0.2) is 47.4 Å². The van der Waals surface area contributed by atoms with Gasteiger partial charge in [0.1, 0.15) is 16.2 Å². The Labute approximate surface area is 225 Å². The number of halogens is 1. The molecule has 0 spiro atoms. The van der Waals surface area contributed by atoms with Crippen molar-refractivity contribution in [2.75, 3.05) is 24.2 Å². The van der Waals surface area contributed by atoms with E-state index in [1.807, 2.05) is 0 Å². The molecule has 1 atom stereocenters. The van der Waals surface area contributed by atoms with Gasteiger partial charge in [0.05, 0.1) is 21.4 Å². The van der Waals surface area contributed by atoms with Crippen LogP contribution in [0.1, 0.15) is 49.5 Å². The number of carbonyl (C=O) groups is 1. The molecule has 1 aliphatic carbocycles. The predicted octanol–water partition coefficient (Wildman–Crippen LogP) is 5.77. The smallest absolute Gasteiger partial charge is 0.243 e. The number of hydrogen-bond donors (Lipinski definition) is 1. The van der Waals surface area contributed by atoms with E-state index in [9.17, 15) is 13.2 Å². The first kappa shape index (κ1) is 25.9. The van der Waals surface area contributed by atoms with Crippen molar-refractivity contribution in [3.63, 3.8) is 0 Å². The Morgan fingerprint density at radius 2 is 2.00 bits per heavy atom. The predicted molar refractivity (Wildman–Crippen MR) is 147 cm³/mol. The number of nitrogens with zero attached hydrogens (tertiary/aromatic N) is 3. The Hall–Kier alpha value is -1.72. The number of thioether (sulfide) groups is 1. The van der Waals surface area contributed by atoms with Gasteiger partial charge in [0.15, 0.2) is 0 Å². The van der Waals surface area contributed by atoms with Crippen LogP contribution in [0.4, 0.5) is 5.69 Å². The van der Waals surface area contributed by atoms with Gasteiger partial charge in [0.25, 0.3) is 0 Å². The van der Waals surface area contributed by atoms with E-state index in [2.05, 4.69) is 22.2 Å². The van der Waals surface area contributed by atoms with E-state index in [1.54, 1.807) is 17.7 Å². The van der Waals surface area contributed by atoms with Gasteiger partial charge in [0, 0.05) is 23.4 Å². The van der Waals surface area contributed by atoms with Gasteiger partial charge in [-0.3, -0.25) is 4.79 Å². The second kappa shape index (κ2) is 10.9. The molecule has 1 aromatic carbocycles. The molecule has 2 aromatic heterocycles. The zero-order chi connectivity index (χ0) is 25.3. The number of thiophene rings is 1. The first-order valence-corrected chi connectivity index (χ1v) is 15.9. The molecule has 5 rings (SSSR count). The minimum Gasteiger partial charge on any atom is -0.324 e. The number of amides is 1. The van der Waals surface area contributed by atoms with Gasteiger partial charge in [0.2, 0.25) is 15.9 Å². The number of nitrogens with one attached hydrogen (secondary N) is 1. The Morgan fingerprint density at radius 1 is 1.22 bits per heavy atom. The van der Waals surface area contributed by atoms with Crippen LogP contribution in [0.3, 0.4) is 0 Å². The minimum atomic E-state index is -3.64. The number of benzene rings is 1. The van der Waals surface area contributed by atoms with Crippen molar-refractivity contribution in [1.29, 1.82) is 0 Å². The average molecular weight is 565 g/mol. The van der Waals surface area contributed by atoms with Crippen molar-refractivity contribution in [3.8, 4) is 0 Å². The van der Waals surface area contributed by atoms with Gasteiger partial charge in [-0.1, -0.05) is 43.1 Å². The minimum absolute atomic E-state index is 0.132. The average Bonchev–Trinajstić information content (AvgIpc) is 3.02. The quantitative estimate of drug-likeness (QED) is 0.302. The molecule has 1 aliphatic heterocycles. The van der Waals surface area contributed by atoms with Crippen molar-refractivity contribution in [2.45, 2.75) is 61.8 Å². The summed E-state index contributed by atoms with van der Waals surface area (Å²) in [6.45, 7) is 3.31. The summed E-state index contributed by atoms with van der Waals surface area (Å²) in [6.07, 6.45) is 8.57. The number of rotatable bonds is 6. The lowest BCUT2D eigenvalue weighted by Gasteiger charge is -2.20. The molecule has 192 valence electrons. The van der Waals surface area contributed by atoms with E-state index in [-0.39, 0.29) is 16.6 Å². The molecule has 0 bridgehead atoms. The van der Waals surface area contributed by atoms with Gasteiger partial charge in [-0.15, -0.1) is 11.3 Å². The number of hydrogen-bond acceptors (Lipinski definition) is 7. The number of fused-ring (bicyclic) bond motifs is 3. The zero-order valence-electron chi connectivity index (χ0n) is 20.1. The summed E-state index contributed by atoms with van der Waals surface area (Å²) in [4.78, 5) is 24.3. The molecule has 3 aromatic rings. The van der Waals surface area contributed by atoms with Crippen LogP contribution in [0.25, 0.3) is 10.2 Å². The first-order chi connectivity index (χ1) is 17.3. The molecule has 1 amide bonds. The highest BCUT2D eigenvalue weighted by atomic mass is 35.5. The van der Waals surface area contributed by atoms with Crippen LogP contribution < -0.4 is 5.32 Å². The van der Waals surface area contributed by atoms with Crippen LogP contribution >= 0.6 is 34.7 Å². The molecule has 3 heterocycles. The van der Waals surface area contributed by atoms with Crippen LogP contribution in [-0.2, 0) is 27.7 Å². The number of carbonyl (C=O) groups excluding carboxylic acids is 1. The van der Waals surface area contributed by atoms with Gasteiger partial charge in [-0.05, 0) is 61.8 Å². The summed E-state index contributed by atoms with van der Waals surface area (Å²) in [6, 6.07) is 4.50. The second-order valence-corrected chi connectivity index (χ2v) is 13.9. The molecule has 0 radical (unpaired) electrons. The first-order valence-electron chi connectivity index (χ1n) is 12.3. The van der Waals surface area contributed by atoms with Crippen LogP contribution in [0, 0.1) is 5.92 Å². The van der Waals surface area contributed by atoms with Gasteiger partial charge in [-0.25, -0.2) is 18.4 Å². The van der Waals surface area contributed by atoms with Crippen molar-refractivity contribution >= 4 is 66.5 Å². The van der Waals surface area contributed by atoms with E-state index in [0.717, 1.165) is 60.2 Å². The number of aryl methyl sites for hydroxylation is 1. The molecule has 1 fully saturated rings. The Bertz CT molecular complexity index is 1380. The van der Waals surface area contributed by atoms with E-state index in [1.165, 1.54) is 44.7 Å². The zero-order valence-corrected chi connectivity index (χ0v) is 23.3. The Morgan fingerprint density at radius 3 is 2.78 bits per heavy atom. The number of sulfonamides is 1. The van der Waals surface area contributed by atoms with Gasteiger partial charge in [-0.2, -0.15) is 4.31 Å². The van der Waals surface area contributed by atoms with Gasteiger partial charge >= 0.3 is 0 Å². The molecule has 1 unspecified atom stereocenters. The molecule has 0 saturated carbocycles. The van der Waals surface area contributed by atoms with Crippen molar-refractivity contribution in [1.82, 2.24) is 14.3 Å². The normalized spacial score (nSPS) is 19.1. The summed E-state index contributed by atoms with van der Waals surface area (Å²) in [5, 5.41) is 4.99. The second-order valence-electron chi connectivity index (χ2n) is 9.51. The van der Waals surface area contributed by atoms with E-state index in [4.69, 9.17) is 11.6 Å². The van der Waals surface area contributed by atoms with Gasteiger partial charge < -0.3 is 5.32 Å². The SMILES string of the molecule is CC1CCc2c(sc3ncnc(SCC(=O)Nc4cc(S(=O)(=O)N5CCCCCC5)ccc4Cl)c23)C1. The summed E-state index contributed by atoms with van der Waals surface area (Å²) in [5.74, 6) is 0.534. The van der Waals surface area contributed by atoms with Crippen LogP contribution in [0.15, 0.2) is 34.4 Å².